The lowest BCUT2D eigenvalue weighted by Gasteiger charge is -2.19. The lowest BCUT2D eigenvalue weighted by atomic mass is 9.98. The summed E-state index contributed by atoms with van der Waals surface area (Å²) < 4.78 is 31.7. The highest BCUT2D eigenvalue weighted by molar-refractivity contribution is 7.17. The average molecular weight is 579 g/mol. The number of alkyl carbamates (subject to hydrolysis) is 1. The van der Waals surface area contributed by atoms with Crippen molar-refractivity contribution in [1.82, 2.24) is 15.5 Å². The predicted octanol–water partition coefficient (Wildman–Crippen LogP) is 5.97. The number of halogens is 1. The Morgan fingerprint density at radius 1 is 1.05 bits per heavy atom. The summed E-state index contributed by atoms with van der Waals surface area (Å²) in [6, 6.07) is 12.2. The van der Waals surface area contributed by atoms with Crippen LogP contribution in [0.1, 0.15) is 32.8 Å². The fourth-order valence-electron chi connectivity index (χ4n) is 4.46. The van der Waals surface area contributed by atoms with Crippen LogP contribution < -0.4 is 15.4 Å². The van der Waals surface area contributed by atoms with E-state index in [4.69, 9.17) is 14.2 Å². The lowest BCUT2D eigenvalue weighted by molar-refractivity contribution is -0.116. The molecule has 0 spiro atoms. The zero-order valence-corrected chi connectivity index (χ0v) is 23.9. The molecule has 0 atom stereocenters. The number of carbonyl (C=O) groups is 2. The summed E-state index contributed by atoms with van der Waals surface area (Å²) in [5, 5.41) is 17.6. The minimum absolute atomic E-state index is 0.0220. The molecule has 5 rings (SSSR count). The number of benzene rings is 2. The van der Waals surface area contributed by atoms with Crippen molar-refractivity contribution in [2.45, 2.75) is 39.2 Å². The third kappa shape index (κ3) is 6.98. The van der Waals surface area contributed by atoms with Crippen molar-refractivity contribution >= 4 is 39.1 Å². The van der Waals surface area contributed by atoms with Crippen molar-refractivity contribution < 1.29 is 28.2 Å². The Morgan fingerprint density at radius 3 is 2.71 bits per heavy atom. The van der Waals surface area contributed by atoms with Gasteiger partial charge in [0, 0.05) is 41.2 Å². The monoisotopic (exact) mass is 578 g/mol. The van der Waals surface area contributed by atoms with Gasteiger partial charge in [0.15, 0.2) is 0 Å². The molecule has 2 N–H and O–H groups in total. The normalized spacial score (nSPS) is 13.0. The van der Waals surface area contributed by atoms with Gasteiger partial charge in [0.25, 0.3) is 0 Å². The Morgan fingerprint density at radius 2 is 1.88 bits per heavy atom. The number of hydrogen-bond donors (Lipinski definition) is 2. The highest BCUT2D eigenvalue weighted by atomic mass is 32.1. The van der Waals surface area contributed by atoms with Crippen molar-refractivity contribution in [3.63, 3.8) is 0 Å². The Balaban J connectivity index is 1.27. The van der Waals surface area contributed by atoms with Crippen LogP contribution in [0.15, 0.2) is 47.8 Å². The maximum atomic E-state index is 14.2. The number of nitrogens with zero attached hydrogens (tertiary/aromatic N) is 2. The molecule has 2 amide bonds. The van der Waals surface area contributed by atoms with Crippen LogP contribution in [0.4, 0.5) is 14.9 Å². The molecule has 1 aliphatic heterocycles. The fraction of sp³-hybridized carbons (Fsp3) is 0.333. The molecule has 0 unspecified atom stereocenters. The lowest BCUT2D eigenvalue weighted by Crippen LogP contribution is -2.34. The molecule has 2 aromatic carbocycles. The number of rotatable bonds is 9. The largest absolute Gasteiger partial charge is 0.490 e. The van der Waals surface area contributed by atoms with Crippen LogP contribution in [-0.2, 0) is 20.7 Å². The van der Waals surface area contributed by atoms with Gasteiger partial charge in [-0.3, -0.25) is 4.79 Å². The molecule has 41 heavy (non-hydrogen) atoms. The van der Waals surface area contributed by atoms with Crippen molar-refractivity contribution in [2.24, 2.45) is 0 Å². The standard InChI is InChI=1S/C30H31FN4O5S/c1-30(2,3)40-29(37)32-11-12-38-13-14-39-24-17-20(31)6-7-21(24)27-28-22(10-15-41-28)26(34-35-27)19-4-8-23-18(16-19)5-9-25(36)33-23/h4,6-8,10,15-17H,5,9,11-14H2,1-3H3,(H,32,37)(H,33,36). The van der Waals surface area contributed by atoms with Crippen molar-refractivity contribution in [2.75, 3.05) is 31.7 Å². The van der Waals surface area contributed by atoms with Gasteiger partial charge in [-0.05, 0) is 68.5 Å². The van der Waals surface area contributed by atoms with Gasteiger partial charge in [-0.1, -0.05) is 6.07 Å². The molecule has 1 aliphatic rings. The number of amides is 2. The van der Waals surface area contributed by atoms with E-state index in [1.807, 2.05) is 29.6 Å². The molecule has 2 aromatic heterocycles. The summed E-state index contributed by atoms with van der Waals surface area (Å²) in [4.78, 5) is 23.4. The number of ether oxygens (including phenoxy) is 3. The third-order valence-corrected chi connectivity index (χ3v) is 7.18. The summed E-state index contributed by atoms with van der Waals surface area (Å²) in [5.41, 5.74) is 4.20. The molecular weight excluding hydrogens is 547 g/mol. The SMILES string of the molecule is CC(C)(C)OC(=O)NCCOCCOc1cc(F)ccc1-c1nnc(-c2ccc3c(c2)CCC(=O)N3)c2ccsc12. The molecule has 4 aromatic rings. The Bertz CT molecular complexity index is 1580. The van der Waals surface area contributed by atoms with Crippen LogP contribution in [0.2, 0.25) is 0 Å². The number of carbonyl (C=O) groups excluding carboxylic acids is 2. The highest BCUT2D eigenvalue weighted by Gasteiger charge is 2.20. The number of aryl methyl sites for hydroxylation is 1. The van der Waals surface area contributed by atoms with Crippen LogP contribution >= 0.6 is 11.3 Å². The molecule has 0 fully saturated rings. The van der Waals surface area contributed by atoms with Gasteiger partial charge >= 0.3 is 6.09 Å². The zero-order valence-electron chi connectivity index (χ0n) is 23.1. The number of fused-ring (bicyclic) bond motifs is 2. The second kappa shape index (κ2) is 12.2. The van der Waals surface area contributed by atoms with Crippen LogP contribution in [-0.4, -0.2) is 54.2 Å². The fourth-order valence-corrected chi connectivity index (χ4v) is 5.36. The van der Waals surface area contributed by atoms with Crippen LogP contribution in [0, 0.1) is 5.82 Å². The summed E-state index contributed by atoms with van der Waals surface area (Å²) in [6.07, 6.45) is 0.623. The van der Waals surface area contributed by atoms with Gasteiger partial charge in [-0.25, -0.2) is 9.18 Å². The van der Waals surface area contributed by atoms with E-state index >= 15 is 0 Å². The maximum absolute atomic E-state index is 14.2. The molecule has 3 heterocycles. The van der Waals surface area contributed by atoms with Gasteiger partial charge in [0.1, 0.15) is 35.2 Å². The molecule has 214 valence electrons. The maximum Gasteiger partial charge on any atom is 0.407 e. The Hall–Kier alpha value is -4.09. The van der Waals surface area contributed by atoms with E-state index < -0.39 is 17.5 Å². The minimum Gasteiger partial charge on any atom is -0.490 e. The summed E-state index contributed by atoms with van der Waals surface area (Å²) >= 11 is 1.52. The molecule has 0 bridgehead atoms. The third-order valence-electron chi connectivity index (χ3n) is 6.26. The first-order valence-electron chi connectivity index (χ1n) is 13.3. The summed E-state index contributed by atoms with van der Waals surface area (Å²) in [6.45, 7) is 6.36. The Kier molecular flexibility index (Phi) is 8.46. The number of hydrogen-bond acceptors (Lipinski definition) is 8. The number of aromatic nitrogens is 2. The molecule has 0 saturated carbocycles. The van der Waals surface area contributed by atoms with E-state index in [1.165, 1.54) is 23.5 Å². The zero-order chi connectivity index (χ0) is 29.0. The molecule has 0 aliphatic carbocycles. The van der Waals surface area contributed by atoms with Crippen LogP contribution in [0.3, 0.4) is 0 Å². The summed E-state index contributed by atoms with van der Waals surface area (Å²) in [5.74, 6) is -0.0742. The molecular formula is C30H31FN4O5S. The van der Waals surface area contributed by atoms with E-state index in [1.54, 1.807) is 26.8 Å². The second-order valence-electron chi connectivity index (χ2n) is 10.5. The van der Waals surface area contributed by atoms with Gasteiger partial charge in [0.05, 0.1) is 17.9 Å². The smallest absolute Gasteiger partial charge is 0.407 e. The van der Waals surface area contributed by atoms with Crippen molar-refractivity contribution in [3.05, 3.63) is 59.2 Å². The average Bonchev–Trinajstić information content (AvgIpc) is 3.41. The predicted molar refractivity (Wildman–Crippen MR) is 156 cm³/mol. The first-order valence-corrected chi connectivity index (χ1v) is 14.2. The van der Waals surface area contributed by atoms with Gasteiger partial charge < -0.3 is 24.8 Å². The number of nitrogens with one attached hydrogen (secondary N) is 2. The number of thiophene rings is 1. The first kappa shape index (κ1) is 28.4. The second-order valence-corrected chi connectivity index (χ2v) is 11.4. The highest BCUT2D eigenvalue weighted by Crippen LogP contribution is 2.40. The van der Waals surface area contributed by atoms with E-state index in [-0.39, 0.29) is 32.3 Å². The van der Waals surface area contributed by atoms with Gasteiger partial charge in [0.2, 0.25) is 5.91 Å². The molecule has 0 saturated heterocycles. The van der Waals surface area contributed by atoms with Crippen LogP contribution in [0.5, 0.6) is 5.75 Å². The minimum atomic E-state index is -0.567. The van der Waals surface area contributed by atoms with E-state index in [2.05, 4.69) is 20.8 Å². The van der Waals surface area contributed by atoms with Crippen molar-refractivity contribution in [3.8, 4) is 28.3 Å². The van der Waals surface area contributed by atoms with Crippen LogP contribution in [0.25, 0.3) is 32.6 Å². The summed E-state index contributed by atoms with van der Waals surface area (Å²) in [7, 11) is 0. The van der Waals surface area contributed by atoms with Gasteiger partial charge in [-0.2, -0.15) is 0 Å². The first-order chi connectivity index (χ1) is 19.7. The molecule has 9 nitrogen and oxygen atoms in total. The molecule has 11 heteroatoms. The Labute approximate surface area is 241 Å². The van der Waals surface area contributed by atoms with Crippen molar-refractivity contribution in [1.29, 1.82) is 0 Å². The quantitative estimate of drug-likeness (QED) is 0.235. The topological polar surface area (TPSA) is 112 Å². The number of anilines is 1. The van der Waals surface area contributed by atoms with E-state index in [0.29, 0.717) is 29.8 Å². The van der Waals surface area contributed by atoms with E-state index in [0.717, 1.165) is 32.6 Å². The molecule has 0 radical (unpaired) electrons. The van der Waals surface area contributed by atoms with Gasteiger partial charge in [-0.15, -0.1) is 21.5 Å². The van der Waals surface area contributed by atoms with E-state index in [9.17, 15) is 14.0 Å².